The summed E-state index contributed by atoms with van der Waals surface area (Å²) in [6.07, 6.45) is 0.242. The van der Waals surface area contributed by atoms with E-state index in [0.717, 1.165) is 5.56 Å². The maximum absolute atomic E-state index is 12.4. The molecule has 0 aliphatic carbocycles. The highest BCUT2D eigenvalue weighted by Crippen LogP contribution is 2.39. The number of nitro groups is 1. The summed E-state index contributed by atoms with van der Waals surface area (Å²) in [6, 6.07) is 9.75. The van der Waals surface area contributed by atoms with Gasteiger partial charge in [-0.2, -0.15) is 0 Å². The molecule has 0 aromatic heterocycles. The Morgan fingerprint density at radius 1 is 1.13 bits per heavy atom. The molecule has 0 spiro atoms. The lowest BCUT2D eigenvalue weighted by atomic mass is 10.1. The normalized spacial score (nSPS) is 11.7. The highest BCUT2D eigenvalue weighted by Gasteiger charge is 2.17. The monoisotopic (exact) mass is 417 g/mol. The van der Waals surface area contributed by atoms with E-state index in [1.54, 1.807) is 24.3 Å². The third kappa shape index (κ3) is 5.60. The van der Waals surface area contributed by atoms with Gasteiger partial charge in [0, 0.05) is 49.0 Å². The SMILES string of the molecule is COc1cc(NC(=O)CCN(C)C(C)c2cccc([N+](=O)[O-])c2)cc(OC)c1OC. The third-order valence-corrected chi connectivity index (χ3v) is 4.86. The number of rotatable bonds is 10. The van der Waals surface area contributed by atoms with Crippen LogP contribution in [0, 0.1) is 10.1 Å². The molecule has 0 heterocycles. The van der Waals surface area contributed by atoms with Crippen molar-refractivity contribution >= 4 is 17.3 Å². The Bertz CT molecular complexity index is 877. The minimum Gasteiger partial charge on any atom is -0.493 e. The molecule has 0 fully saturated rings. The fourth-order valence-electron chi connectivity index (χ4n) is 3.00. The van der Waals surface area contributed by atoms with Crippen LogP contribution in [-0.4, -0.2) is 50.7 Å². The van der Waals surface area contributed by atoms with Crippen molar-refractivity contribution in [2.75, 3.05) is 40.2 Å². The van der Waals surface area contributed by atoms with Gasteiger partial charge in [-0.05, 0) is 19.5 Å². The number of carbonyl (C=O) groups excluding carboxylic acids is 1. The smallest absolute Gasteiger partial charge is 0.269 e. The molecule has 0 saturated heterocycles. The number of nitrogens with zero attached hydrogens (tertiary/aromatic N) is 2. The maximum atomic E-state index is 12.4. The summed E-state index contributed by atoms with van der Waals surface area (Å²) < 4.78 is 15.9. The Morgan fingerprint density at radius 2 is 1.77 bits per heavy atom. The van der Waals surface area contributed by atoms with E-state index in [1.807, 2.05) is 24.9 Å². The van der Waals surface area contributed by atoms with Gasteiger partial charge in [0.15, 0.2) is 11.5 Å². The van der Waals surface area contributed by atoms with Gasteiger partial charge in [0.25, 0.3) is 5.69 Å². The number of anilines is 1. The van der Waals surface area contributed by atoms with Crippen LogP contribution < -0.4 is 19.5 Å². The van der Waals surface area contributed by atoms with Crippen LogP contribution in [0.25, 0.3) is 0 Å². The van der Waals surface area contributed by atoms with E-state index in [1.165, 1.54) is 27.4 Å². The number of ether oxygens (including phenoxy) is 3. The van der Waals surface area contributed by atoms with Crippen molar-refractivity contribution in [1.29, 1.82) is 0 Å². The number of nitrogens with one attached hydrogen (secondary N) is 1. The lowest BCUT2D eigenvalue weighted by Gasteiger charge is -2.24. The molecule has 0 bridgehead atoms. The molecule has 9 heteroatoms. The Morgan fingerprint density at radius 3 is 2.30 bits per heavy atom. The zero-order chi connectivity index (χ0) is 22.3. The molecule has 1 unspecified atom stereocenters. The van der Waals surface area contributed by atoms with E-state index in [4.69, 9.17) is 14.2 Å². The number of carbonyl (C=O) groups is 1. The van der Waals surface area contributed by atoms with Crippen LogP contribution in [0.1, 0.15) is 24.9 Å². The lowest BCUT2D eigenvalue weighted by Crippen LogP contribution is -2.27. The molecule has 162 valence electrons. The predicted molar refractivity (Wildman–Crippen MR) is 113 cm³/mol. The van der Waals surface area contributed by atoms with Crippen molar-refractivity contribution in [2.24, 2.45) is 0 Å². The van der Waals surface area contributed by atoms with Crippen molar-refractivity contribution in [1.82, 2.24) is 4.90 Å². The molecule has 9 nitrogen and oxygen atoms in total. The van der Waals surface area contributed by atoms with Crippen molar-refractivity contribution in [3.05, 3.63) is 52.1 Å². The number of hydrogen-bond acceptors (Lipinski definition) is 7. The minimum atomic E-state index is -0.416. The number of amides is 1. The van der Waals surface area contributed by atoms with Gasteiger partial charge in [-0.15, -0.1) is 0 Å². The molecule has 1 atom stereocenters. The molecule has 1 amide bonds. The molecule has 0 aliphatic rings. The van der Waals surface area contributed by atoms with Gasteiger partial charge in [-0.3, -0.25) is 19.8 Å². The van der Waals surface area contributed by atoms with E-state index in [-0.39, 0.29) is 24.1 Å². The Labute approximate surface area is 175 Å². The van der Waals surface area contributed by atoms with Crippen LogP contribution in [0.4, 0.5) is 11.4 Å². The van der Waals surface area contributed by atoms with Gasteiger partial charge in [0.05, 0.1) is 26.3 Å². The van der Waals surface area contributed by atoms with Crippen LogP contribution in [0.15, 0.2) is 36.4 Å². The maximum Gasteiger partial charge on any atom is 0.269 e. The molecule has 0 aliphatic heterocycles. The Balaban J connectivity index is 2.00. The first-order valence-electron chi connectivity index (χ1n) is 9.35. The summed E-state index contributed by atoms with van der Waals surface area (Å²) >= 11 is 0. The van der Waals surface area contributed by atoms with Crippen LogP contribution >= 0.6 is 0 Å². The van der Waals surface area contributed by atoms with E-state index in [2.05, 4.69) is 5.32 Å². The predicted octanol–water partition coefficient (Wildman–Crippen LogP) is 3.64. The highest BCUT2D eigenvalue weighted by molar-refractivity contribution is 5.91. The summed E-state index contributed by atoms with van der Waals surface area (Å²) in [6.45, 7) is 2.41. The van der Waals surface area contributed by atoms with Gasteiger partial charge in [-0.1, -0.05) is 12.1 Å². The van der Waals surface area contributed by atoms with Crippen molar-refractivity contribution in [3.8, 4) is 17.2 Å². The summed E-state index contributed by atoms with van der Waals surface area (Å²) in [4.78, 5) is 25.0. The van der Waals surface area contributed by atoms with Gasteiger partial charge in [0.2, 0.25) is 11.7 Å². The summed E-state index contributed by atoms with van der Waals surface area (Å²) in [5, 5.41) is 13.8. The highest BCUT2D eigenvalue weighted by atomic mass is 16.6. The number of nitro benzene ring substituents is 1. The van der Waals surface area contributed by atoms with Crippen LogP contribution in [0.5, 0.6) is 17.2 Å². The van der Waals surface area contributed by atoms with Gasteiger partial charge in [0.1, 0.15) is 0 Å². The Hall–Kier alpha value is -3.33. The fraction of sp³-hybridized carbons (Fsp3) is 0.381. The van der Waals surface area contributed by atoms with E-state index >= 15 is 0 Å². The molecular formula is C21H27N3O6. The molecule has 2 rings (SSSR count). The standard InChI is InChI=1S/C21H27N3O6/c1-14(15-7-6-8-17(11-15)24(26)27)23(2)10-9-20(25)22-16-12-18(28-3)21(30-5)19(13-16)29-4/h6-8,11-14H,9-10H2,1-5H3,(H,22,25). The second-order valence-electron chi connectivity index (χ2n) is 6.72. The zero-order valence-corrected chi connectivity index (χ0v) is 17.8. The fourth-order valence-corrected chi connectivity index (χ4v) is 3.00. The van der Waals surface area contributed by atoms with Gasteiger partial charge < -0.3 is 19.5 Å². The van der Waals surface area contributed by atoms with Crippen molar-refractivity contribution < 1.29 is 23.9 Å². The number of benzene rings is 2. The second kappa shape index (κ2) is 10.4. The molecule has 0 saturated carbocycles. The van der Waals surface area contributed by atoms with Crippen LogP contribution in [-0.2, 0) is 4.79 Å². The average Bonchev–Trinajstić information content (AvgIpc) is 2.76. The first-order valence-corrected chi connectivity index (χ1v) is 9.35. The Kier molecular flexibility index (Phi) is 7.99. The van der Waals surface area contributed by atoms with Crippen LogP contribution in [0.3, 0.4) is 0 Å². The minimum absolute atomic E-state index is 0.0490. The van der Waals surface area contributed by atoms with E-state index in [0.29, 0.717) is 29.5 Å². The average molecular weight is 417 g/mol. The van der Waals surface area contributed by atoms with Crippen molar-refractivity contribution in [3.63, 3.8) is 0 Å². The van der Waals surface area contributed by atoms with E-state index in [9.17, 15) is 14.9 Å². The van der Waals surface area contributed by atoms with Gasteiger partial charge in [-0.25, -0.2) is 0 Å². The summed E-state index contributed by atoms with van der Waals surface area (Å²) in [5.41, 5.74) is 1.40. The van der Waals surface area contributed by atoms with Crippen LogP contribution in [0.2, 0.25) is 0 Å². The molecule has 0 radical (unpaired) electrons. The quantitative estimate of drug-likeness (QED) is 0.465. The largest absolute Gasteiger partial charge is 0.493 e. The number of hydrogen-bond donors (Lipinski definition) is 1. The topological polar surface area (TPSA) is 103 Å². The second-order valence-corrected chi connectivity index (χ2v) is 6.72. The first kappa shape index (κ1) is 23.0. The molecule has 30 heavy (non-hydrogen) atoms. The first-order chi connectivity index (χ1) is 14.3. The zero-order valence-electron chi connectivity index (χ0n) is 17.8. The molecule has 2 aromatic carbocycles. The molecule has 1 N–H and O–H groups in total. The van der Waals surface area contributed by atoms with E-state index < -0.39 is 4.92 Å². The molecular weight excluding hydrogens is 390 g/mol. The molecule has 2 aromatic rings. The lowest BCUT2D eigenvalue weighted by molar-refractivity contribution is -0.384. The number of non-ortho nitro benzene ring substituents is 1. The summed E-state index contributed by atoms with van der Waals surface area (Å²) in [7, 11) is 6.40. The third-order valence-electron chi connectivity index (χ3n) is 4.86. The van der Waals surface area contributed by atoms with Crippen molar-refractivity contribution in [2.45, 2.75) is 19.4 Å². The number of methoxy groups -OCH3 is 3. The summed E-state index contributed by atoms with van der Waals surface area (Å²) in [5.74, 6) is 1.16. The van der Waals surface area contributed by atoms with Gasteiger partial charge >= 0.3 is 0 Å².